The van der Waals surface area contributed by atoms with Gasteiger partial charge in [0.15, 0.2) is 35.4 Å². The Hall–Kier alpha value is -2.68. The third kappa shape index (κ3) is 7.04. The highest BCUT2D eigenvalue weighted by Crippen LogP contribution is 2.34. The second-order valence-electron chi connectivity index (χ2n) is 8.87. The molecule has 3 rings (SSSR count). The molecule has 1 aliphatic heterocycles. The lowest BCUT2D eigenvalue weighted by atomic mass is 9.99. The molecule has 2 aromatic carbocycles. The first-order valence-electron chi connectivity index (χ1n) is 12.2. The number of phenols is 1. The molecule has 0 saturated carbocycles. The summed E-state index contributed by atoms with van der Waals surface area (Å²) in [6, 6.07) is 9.52. The van der Waals surface area contributed by atoms with Crippen LogP contribution in [-0.4, -0.2) is 107 Å². The molecule has 7 N–H and O–H groups in total. The van der Waals surface area contributed by atoms with Crippen LogP contribution in [0, 0.1) is 0 Å². The lowest BCUT2D eigenvalue weighted by Gasteiger charge is -2.39. The van der Waals surface area contributed by atoms with Crippen LogP contribution in [0.2, 0.25) is 0 Å². The lowest BCUT2D eigenvalue weighted by Crippen LogP contribution is -2.59. The van der Waals surface area contributed by atoms with E-state index in [-0.39, 0.29) is 18.1 Å². The Balaban J connectivity index is 1.58. The van der Waals surface area contributed by atoms with E-state index in [1.807, 2.05) is 0 Å². The first kappa shape index (κ1) is 29.9. The van der Waals surface area contributed by atoms with E-state index in [0.29, 0.717) is 29.9 Å². The zero-order valence-corrected chi connectivity index (χ0v) is 21.2. The Bertz CT molecular complexity index is 1020. The summed E-state index contributed by atoms with van der Waals surface area (Å²) in [7, 11) is 2.85. The van der Waals surface area contributed by atoms with Gasteiger partial charge in [-0.05, 0) is 48.2 Å². The van der Waals surface area contributed by atoms with Gasteiger partial charge >= 0.3 is 0 Å². The average molecular weight is 541 g/mol. The number of phenolic OH excluding ortho intramolecular Hbond substituents is 1. The SMILES string of the molecule is COc1cc([C@H](O)[C@@H](CO)Oc2ccc(CCCO[C@@H]3O[C@@H](CO)[C@@H](O)[C@@H](O)[C@H]3O)cc2OC)ccc1O. The van der Waals surface area contributed by atoms with E-state index >= 15 is 0 Å². The number of hydrogen-bond donors (Lipinski definition) is 7. The number of methoxy groups -OCH3 is 2. The van der Waals surface area contributed by atoms with Gasteiger partial charge in [0.05, 0.1) is 34.0 Å². The van der Waals surface area contributed by atoms with Crippen LogP contribution in [0.5, 0.6) is 23.0 Å². The molecule has 2 aromatic rings. The molecular weight excluding hydrogens is 504 g/mol. The van der Waals surface area contributed by atoms with Crippen LogP contribution in [0.1, 0.15) is 23.7 Å². The van der Waals surface area contributed by atoms with Gasteiger partial charge in [-0.2, -0.15) is 0 Å². The molecule has 12 heteroatoms. The number of aliphatic hydroxyl groups is 6. The third-order valence-corrected chi connectivity index (χ3v) is 6.32. The van der Waals surface area contributed by atoms with Crippen molar-refractivity contribution in [3.63, 3.8) is 0 Å². The minimum absolute atomic E-state index is 0.0826. The predicted molar refractivity (Wildman–Crippen MR) is 132 cm³/mol. The standard InChI is InChI=1S/C26H36O12/c1-34-18-11-15(6-7-16(18)29)22(30)20(12-27)37-17-8-5-14(10-19(17)35-2)4-3-9-36-26-25(33)24(32)23(31)21(13-28)38-26/h5-8,10-11,20-33H,3-4,9,12-13H2,1-2H3/t20-,21+,22+,23-,24-,25-,26-/m1/s1. The van der Waals surface area contributed by atoms with Gasteiger partial charge < -0.3 is 59.4 Å². The number of benzene rings is 2. The van der Waals surface area contributed by atoms with Crippen LogP contribution < -0.4 is 14.2 Å². The molecule has 7 atom stereocenters. The number of rotatable bonds is 13. The fourth-order valence-corrected chi connectivity index (χ4v) is 4.10. The molecule has 0 bridgehead atoms. The summed E-state index contributed by atoms with van der Waals surface area (Å²) >= 11 is 0. The number of aliphatic hydroxyl groups excluding tert-OH is 6. The fraction of sp³-hybridized carbons (Fsp3) is 0.538. The van der Waals surface area contributed by atoms with Gasteiger partial charge in [0.2, 0.25) is 0 Å². The molecule has 0 amide bonds. The molecule has 1 fully saturated rings. The monoisotopic (exact) mass is 540 g/mol. The van der Waals surface area contributed by atoms with Crippen LogP contribution in [-0.2, 0) is 15.9 Å². The van der Waals surface area contributed by atoms with E-state index in [2.05, 4.69) is 0 Å². The Kier molecular flexibility index (Phi) is 10.9. The fourth-order valence-electron chi connectivity index (χ4n) is 4.10. The highest BCUT2D eigenvalue weighted by atomic mass is 16.7. The van der Waals surface area contributed by atoms with Gasteiger partial charge in [-0.25, -0.2) is 0 Å². The molecule has 0 radical (unpaired) electrons. The van der Waals surface area contributed by atoms with Gasteiger partial charge in [0, 0.05) is 0 Å². The van der Waals surface area contributed by atoms with Gasteiger partial charge in [-0.1, -0.05) is 12.1 Å². The molecule has 0 spiro atoms. The number of ether oxygens (including phenoxy) is 5. The summed E-state index contributed by atoms with van der Waals surface area (Å²) in [5, 5.41) is 69.4. The highest BCUT2D eigenvalue weighted by Gasteiger charge is 2.43. The largest absolute Gasteiger partial charge is 0.504 e. The topological polar surface area (TPSA) is 188 Å². The van der Waals surface area contributed by atoms with Gasteiger partial charge in [0.25, 0.3) is 0 Å². The minimum atomic E-state index is -1.50. The zero-order valence-electron chi connectivity index (χ0n) is 21.2. The van der Waals surface area contributed by atoms with E-state index in [4.69, 9.17) is 23.7 Å². The molecule has 1 heterocycles. The molecule has 0 aromatic heterocycles. The first-order chi connectivity index (χ1) is 18.2. The second-order valence-corrected chi connectivity index (χ2v) is 8.87. The summed E-state index contributed by atoms with van der Waals surface area (Å²) < 4.78 is 27.2. The van der Waals surface area contributed by atoms with Crippen molar-refractivity contribution in [3.05, 3.63) is 47.5 Å². The van der Waals surface area contributed by atoms with E-state index < -0.39 is 56.1 Å². The Labute approximate surface area is 220 Å². The van der Waals surface area contributed by atoms with Gasteiger partial charge in [-0.15, -0.1) is 0 Å². The summed E-state index contributed by atoms with van der Waals surface area (Å²) in [6.07, 6.45) is -7.82. The Morgan fingerprint density at radius 1 is 0.895 bits per heavy atom. The van der Waals surface area contributed by atoms with Crippen LogP contribution in [0.4, 0.5) is 0 Å². The van der Waals surface area contributed by atoms with Crippen molar-refractivity contribution in [2.75, 3.05) is 34.0 Å². The quantitative estimate of drug-likeness (QED) is 0.164. The van der Waals surface area contributed by atoms with Crippen LogP contribution >= 0.6 is 0 Å². The number of aromatic hydroxyl groups is 1. The molecule has 1 aliphatic rings. The second kappa shape index (κ2) is 13.9. The third-order valence-electron chi connectivity index (χ3n) is 6.32. The molecule has 0 unspecified atom stereocenters. The maximum atomic E-state index is 10.8. The lowest BCUT2D eigenvalue weighted by molar-refractivity contribution is -0.301. The van der Waals surface area contributed by atoms with Crippen molar-refractivity contribution in [2.24, 2.45) is 0 Å². The molecule has 1 saturated heterocycles. The molecule has 212 valence electrons. The Morgan fingerprint density at radius 2 is 1.63 bits per heavy atom. The molecular formula is C26H36O12. The summed E-state index contributed by atoms with van der Waals surface area (Å²) in [4.78, 5) is 0. The van der Waals surface area contributed by atoms with Crippen molar-refractivity contribution in [1.29, 1.82) is 0 Å². The van der Waals surface area contributed by atoms with Crippen molar-refractivity contribution < 1.29 is 59.4 Å². The Morgan fingerprint density at radius 3 is 2.29 bits per heavy atom. The molecule has 38 heavy (non-hydrogen) atoms. The maximum Gasteiger partial charge on any atom is 0.186 e. The van der Waals surface area contributed by atoms with E-state index in [0.717, 1.165) is 5.56 Å². The summed E-state index contributed by atoms with van der Waals surface area (Å²) in [5.41, 5.74) is 1.25. The first-order valence-corrected chi connectivity index (χ1v) is 12.2. The maximum absolute atomic E-state index is 10.8. The van der Waals surface area contributed by atoms with Gasteiger partial charge in [-0.3, -0.25) is 0 Å². The summed E-state index contributed by atoms with van der Waals surface area (Å²) in [6.45, 7) is -0.862. The predicted octanol–water partition coefficient (Wildman–Crippen LogP) is -0.368. The normalized spacial score (nSPS) is 25.0. The van der Waals surface area contributed by atoms with Crippen molar-refractivity contribution in [1.82, 2.24) is 0 Å². The van der Waals surface area contributed by atoms with E-state index in [1.54, 1.807) is 18.2 Å². The van der Waals surface area contributed by atoms with Crippen molar-refractivity contribution in [2.45, 2.75) is 55.8 Å². The minimum Gasteiger partial charge on any atom is -0.504 e. The van der Waals surface area contributed by atoms with Crippen LogP contribution in [0.25, 0.3) is 0 Å². The zero-order chi connectivity index (χ0) is 27.8. The van der Waals surface area contributed by atoms with Crippen LogP contribution in [0.15, 0.2) is 36.4 Å². The number of hydrogen-bond acceptors (Lipinski definition) is 12. The molecule has 12 nitrogen and oxygen atoms in total. The highest BCUT2D eigenvalue weighted by molar-refractivity contribution is 5.44. The summed E-state index contributed by atoms with van der Waals surface area (Å²) in [5.74, 6) is 0.778. The molecule has 0 aliphatic carbocycles. The van der Waals surface area contributed by atoms with Crippen LogP contribution in [0.3, 0.4) is 0 Å². The number of aryl methyl sites for hydroxylation is 1. The van der Waals surface area contributed by atoms with E-state index in [9.17, 15) is 35.7 Å². The smallest absolute Gasteiger partial charge is 0.186 e. The van der Waals surface area contributed by atoms with Crippen molar-refractivity contribution in [3.8, 4) is 23.0 Å². The van der Waals surface area contributed by atoms with Crippen molar-refractivity contribution >= 4 is 0 Å². The van der Waals surface area contributed by atoms with Gasteiger partial charge in [0.1, 0.15) is 30.5 Å². The average Bonchev–Trinajstić information content (AvgIpc) is 2.94. The van der Waals surface area contributed by atoms with E-state index in [1.165, 1.54) is 32.4 Å².